The van der Waals surface area contributed by atoms with Gasteiger partial charge >= 0.3 is 0 Å². The van der Waals surface area contributed by atoms with Crippen LogP contribution in [0, 0.1) is 0 Å². The van der Waals surface area contributed by atoms with Crippen LogP contribution in [0.2, 0.25) is 0 Å². The van der Waals surface area contributed by atoms with E-state index in [0.29, 0.717) is 19.7 Å². The summed E-state index contributed by atoms with van der Waals surface area (Å²) in [5, 5.41) is 0. The number of benzene rings is 1. The average molecular weight is 241 g/mol. The highest BCUT2D eigenvalue weighted by molar-refractivity contribution is 7.88. The van der Waals surface area contributed by atoms with Gasteiger partial charge in [-0.05, 0) is 5.56 Å². The molecule has 0 saturated carbocycles. The van der Waals surface area contributed by atoms with Crippen LogP contribution in [-0.4, -0.2) is 38.7 Å². The van der Waals surface area contributed by atoms with Gasteiger partial charge in [0.1, 0.15) is 0 Å². The van der Waals surface area contributed by atoms with E-state index < -0.39 is 10.0 Å². The van der Waals surface area contributed by atoms with Gasteiger partial charge in [-0.3, -0.25) is 0 Å². The molecular weight excluding hydrogens is 226 g/mol. The second-order valence-electron chi connectivity index (χ2n) is 3.89. The zero-order chi connectivity index (χ0) is 11.6. The molecule has 88 valence electrons. The molecule has 2 rings (SSSR count). The van der Waals surface area contributed by atoms with Crippen molar-refractivity contribution in [2.75, 3.05) is 26.0 Å². The molecule has 1 aliphatic heterocycles. The minimum absolute atomic E-state index is 0.148. The van der Waals surface area contributed by atoms with Crippen molar-refractivity contribution in [3.8, 4) is 0 Å². The summed E-state index contributed by atoms with van der Waals surface area (Å²) < 4.78 is 29.9. The number of rotatable bonds is 2. The molecule has 1 aromatic carbocycles. The van der Waals surface area contributed by atoms with Gasteiger partial charge < -0.3 is 4.74 Å². The molecule has 0 bridgehead atoms. The van der Waals surface area contributed by atoms with E-state index >= 15 is 0 Å². The topological polar surface area (TPSA) is 46.6 Å². The first-order valence-corrected chi connectivity index (χ1v) is 7.04. The van der Waals surface area contributed by atoms with Crippen molar-refractivity contribution in [2.24, 2.45) is 0 Å². The van der Waals surface area contributed by atoms with Gasteiger partial charge in [0.15, 0.2) is 0 Å². The predicted molar refractivity (Wildman–Crippen MR) is 61.6 cm³/mol. The molecule has 1 saturated heterocycles. The Balaban J connectivity index is 2.14. The minimum Gasteiger partial charge on any atom is -0.371 e. The maximum Gasteiger partial charge on any atom is 0.211 e. The first-order valence-electron chi connectivity index (χ1n) is 5.19. The van der Waals surface area contributed by atoms with Gasteiger partial charge in [-0.25, -0.2) is 8.42 Å². The molecule has 1 aliphatic rings. The first-order chi connectivity index (χ1) is 7.57. The molecule has 16 heavy (non-hydrogen) atoms. The number of hydrogen-bond acceptors (Lipinski definition) is 3. The number of hydrogen-bond donors (Lipinski definition) is 0. The van der Waals surface area contributed by atoms with E-state index in [0.717, 1.165) is 5.56 Å². The summed E-state index contributed by atoms with van der Waals surface area (Å²) in [7, 11) is -3.11. The fraction of sp³-hybridized carbons (Fsp3) is 0.455. The van der Waals surface area contributed by atoms with Gasteiger partial charge in [-0.2, -0.15) is 4.31 Å². The summed E-state index contributed by atoms with van der Waals surface area (Å²) in [6.45, 7) is 1.30. The molecular formula is C11H15NO3S. The molecule has 0 aromatic heterocycles. The van der Waals surface area contributed by atoms with Crippen LogP contribution in [0.15, 0.2) is 30.3 Å². The third kappa shape index (κ3) is 2.61. The Morgan fingerprint density at radius 2 is 2.00 bits per heavy atom. The molecule has 1 heterocycles. The summed E-state index contributed by atoms with van der Waals surface area (Å²) in [6.07, 6.45) is 1.09. The molecule has 1 fully saturated rings. The van der Waals surface area contributed by atoms with E-state index in [2.05, 4.69) is 0 Å². The Kier molecular flexibility index (Phi) is 3.28. The van der Waals surface area contributed by atoms with Crippen LogP contribution < -0.4 is 0 Å². The number of nitrogens with zero attached hydrogens (tertiary/aromatic N) is 1. The third-order valence-electron chi connectivity index (χ3n) is 2.67. The van der Waals surface area contributed by atoms with Crippen molar-refractivity contribution >= 4 is 10.0 Å². The van der Waals surface area contributed by atoms with Gasteiger partial charge in [0.2, 0.25) is 10.0 Å². The van der Waals surface area contributed by atoms with Gasteiger partial charge in [0, 0.05) is 13.1 Å². The van der Waals surface area contributed by atoms with Crippen LogP contribution in [0.1, 0.15) is 11.7 Å². The van der Waals surface area contributed by atoms with Crippen LogP contribution in [-0.2, 0) is 14.8 Å². The maximum atomic E-state index is 11.4. The Hall–Kier alpha value is -0.910. The lowest BCUT2D eigenvalue weighted by atomic mass is 10.1. The summed E-state index contributed by atoms with van der Waals surface area (Å²) >= 11 is 0. The standard InChI is InChI=1S/C11H15NO3S/c1-16(13,14)12-7-8-15-11(9-12)10-5-3-2-4-6-10/h2-6,11H,7-9H2,1H3. The highest BCUT2D eigenvalue weighted by atomic mass is 32.2. The molecule has 0 radical (unpaired) electrons. The lowest BCUT2D eigenvalue weighted by Crippen LogP contribution is -2.41. The zero-order valence-electron chi connectivity index (χ0n) is 9.17. The Morgan fingerprint density at radius 3 is 2.62 bits per heavy atom. The SMILES string of the molecule is CS(=O)(=O)N1CCOC(c2ccccc2)C1. The summed E-state index contributed by atoms with van der Waals surface area (Å²) in [4.78, 5) is 0. The van der Waals surface area contributed by atoms with E-state index in [1.165, 1.54) is 10.6 Å². The van der Waals surface area contributed by atoms with E-state index in [9.17, 15) is 8.42 Å². The van der Waals surface area contributed by atoms with Crippen molar-refractivity contribution in [2.45, 2.75) is 6.10 Å². The second-order valence-corrected chi connectivity index (χ2v) is 5.87. The molecule has 4 nitrogen and oxygen atoms in total. The zero-order valence-corrected chi connectivity index (χ0v) is 9.98. The maximum absolute atomic E-state index is 11.4. The minimum atomic E-state index is -3.11. The molecule has 0 N–H and O–H groups in total. The van der Waals surface area contributed by atoms with Crippen molar-refractivity contribution in [3.63, 3.8) is 0 Å². The van der Waals surface area contributed by atoms with Crippen LogP contribution in [0.3, 0.4) is 0 Å². The highest BCUT2D eigenvalue weighted by Gasteiger charge is 2.27. The van der Waals surface area contributed by atoms with Gasteiger partial charge in [-0.15, -0.1) is 0 Å². The number of ether oxygens (including phenoxy) is 1. The van der Waals surface area contributed by atoms with Crippen molar-refractivity contribution < 1.29 is 13.2 Å². The van der Waals surface area contributed by atoms with Crippen LogP contribution in [0.4, 0.5) is 0 Å². The normalized spacial score (nSPS) is 23.2. The fourth-order valence-electron chi connectivity index (χ4n) is 1.80. The molecule has 5 heteroatoms. The Morgan fingerprint density at radius 1 is 1.31 bits per heavy atom. The summed E-state index contributed by atoms with van der Waals surface area (Å²) in [5.74, 6) is 0. The Labute approximate surface area is 95.9 Å². The lowest BCUT2D eigenvalue weighted by Gasteiger charge is -2.31. The smallest absolute Gasteiger partial charge is 0.211 e. The number of morpholine rings is 1. The first kappa shape index (κ1) is 11.6. The third-order valence-corrected chi connectivity index (χ3v) is 3.94. The molecule has 1 unspecified atom stereocenters. The summed E-state index contributed by atoms with van der Waals surface area (Å²) in [5.41, 5.74) is 1.02. The van der Waals surface area contributed by atoms with Crippen molar-refractivity contribution in [1.29, 1.82) is 0 Å². The van der Waals surface area contributed by atoms with Crippen molar-refractivity contribution in [3.05, 3.63) is 35.9 Å². The van der Waals surface area contributed by atoms with E-state index in [1.807, 2.05) is 30.3 Å². The van der Waals surface area contributed by atoms with Gasteiger partial charge in [0.05, 0.1) is 19.0 Å². The van der Waals surface area contributed by atoms with Crippen LogP contribution in [0.5, 0.6) is 0 Å². The predicted octanol–water partition coefficient (Wildman–Crippen LogP) is 1.02. The molecule has 0 amide bonds. The van der Waals surface area contributed by atoms with Gasteiger partial charge in [0.25, 0.3) is 0 Å². The molecule has 1 aromatic rings. The molecule has 1 atom stereocenters. The van der Waals surface area contributed by atoms with Crippen LogP contribution in [0.25, 0.3) is 0 Å². The van der Waals surface area contributed by atoms with E-state index in [1.54, 1.807) is 0 Å². The summed E-state index contributed by atoms with van der Waals surface area (Å²) in [6, 6.07) is 9.70. The van der Waals surface area contributed by atoms with Gasteiger partial charge in [-0.1, -0.05) is 30.3 Å². The van der Waals surface area contributed by atoms with E-state index in [-0.39, 0.29) is 6.10 Å². The van der Waals surface area contributed by atoms with Crippen molar-refractivity contribution in [1.82, 2.24) is 4.31 Å². The molecule has 0 aliphatic carbocycles. The average Bonchev–Trinajstić information content (AvgIpc) is 2.29. The van der Waals surface area contributed by atoms with Crippen LogP contribution >= 0.6 is 0 Å². The monoisotopic (exact) mass is 241 g/mol. The quantitative estimate of drug-likeness (QED) is 0.776. The lowest BCUT2D eigenvalue weighted by molar-refractivity contribution is -0.00234. The Bertz CT molecular complexity index is 444. The van der Waals surface area contributed by atoms with E-state index in [4.69, 9.17) is 4.74 Å². The second kappa shape index (κ2) is 4.53. The number of sulfonamides is 1. The molecule has 0 spiro atoms. The highest BCUT2D eigenvalue weighted by Crippen LogP contribution is 2.22. The largest absolute Gasteiger partial charge is 0.371 e. The fourth-order valence-corrected chi connectivity index (χ4v) is 2.61.